The molecule has 1 aliphatic heterocycles. The number of hydrogen-bond donors (Lipinski definition) is 2. The Labute approximate surface area is 219 Å². The molecule has 4 rings (SSSR count). The first-order valence-electron chi connectivity index (χ1n) is 11.6. The van der Waals surface area contributed by atoms with Gasteiger partial charge >= 0.3 is 5.97 Å². The quantitative estimate of drug-likeness (QED) is 0.276. The number of benzene rings is 3. The molecule has 0 amide bonds. The average Bonchev–Trinajstić information content (AvgIpc) is 2.86. The van der Waals surface area contributed by atoms with Crippen molar-refractivity contribution in [2.24, 2.45) is 5.92 Å². The second-order valence-electron chi connectivity index (χ2n) is 8.43. The fourth-order valence-corrected chi connectivity index (χ4v) is 4.29. The van der Waals surface area contributed by atoms with Crippen molar-refractivity contribution < 1.29 is 29.2 Å². The number of phenolic OH excluding ortho intramolecular Hbond substituents is 1. The topological polar surface area (TPSA) is 85.2 Å². The predicted molar refractivity (Wildman–Crippen MR) is 138 cm³/mol. The number of aliphatic carboxylic acids is 1. The Bertz CT molecular complexity index is 1230. The van der Waals surface area contributed by atoms with Crippen molar-refractivity contribution in [1.82, 2.24) is 0 Å². The highest BCUT2D eigenvalue weighted by atomic mass is 35.5. The summed E-state index contributed by atoms with van der Waals surface area (Å²) in [7, 11) is 0. The molecule has 0 bridgehead atoms. The highest BCUT2D eigenvalue weighted by Crippen LogP contribution is 2.43. The third-order valence-corrected chi connectivity index (χ3v) is 6.53. The van der Waals surface area contributed by atoms with Crippen LogP contribution in [0.15, 0.2) is 78.9 Å². The smallest absolute Gasteiger partial charge is 0.303 e. The van der Waals surface area contributed by atoms with Crippen LogP contribution >= 0.6 is 23.2 Å². The number of rotatable bonds is 9. The number of carboxylic acid groups (broad SMARTS) is 1. The van der Waals surface area contributed by atoms with Crippen molar-refractivity contribution in [3.63, 3.8) is 0 Å². The molecule has 1 unspecified atom stereocenters. The molecule has 0 spiro atoms. The minimum atomic E-state index is -0.829. The van der Waals surface area contributed by atoms with Crippen LogP contribution in [0.3, 0.4) is 0 Å². The summed E-state index contributed by atoms with van der Waals surface area (Å²) < 4.78 is 18.4. The van der Waals surface area contributed by atoms with Crippen LogP contribution in [0.1, 0.15) is 42.8 Å². The van der Waals surface area contributed by atoms with E-state index in [0.29, 0.717) is 46.6 Å². The number of halogens is 2. The van der Waals surface area contributed by atoms with Gasteiger partial charge in [0.15, 0.2) is 6.29 Å². The molecule has 3 atom stereocenters. The van der Waals surface area contributed by atoms with Crippen LogP contribution in [0.4, 0.5) is 0 Å². The Morgan fingerprint density at radius 2 is 1.81 bits per heavy atom. The first-order chi connectivity index (χ1) is 17.4. The fraction of sp³-hybridized carbons (Fsp3) is 0.250. The highest BCUT2D eigenvalue weighted by Gasteiger charge is 2.34. The van der Waals surface area contributed by atoms with Crippen molar-refractivity contribution in [1.29, 1.82) is 0 Å². The standard InChI is InChI=1S/C28H26Cl2O6/c29-23-14-13-21(16-24(23)30)35-20-9-6-8-18(15-20)28-34-17-19(7-2-1-3-12-26(32)33)27(36-28)22-10-4-5-11-25(22)31/h1-2,4-6,8-11,13-16,19,27-28,31H,3,7,12,17H2,(H,32,33)/t19-,27+,28?/m1/s1. The number of carbonyl (C=O) groups is 1. The van der Waals surface area contributed by atoms with Crippen LogP contribution in [0, 0.1) is 5.92 Å². The molecule has 188 valence electrons. The Kier molecular flexibility index (Phi) is 8.88. The summed E-state index contributed by atoms with van der Waals surface area (Å²) in [6.07, 6.45) is 3.86. The van der Waals surface area contributed by atoms with E-state index in [1.54, 1.807) is 30.3 Å². The summed E-state index contributed by atoms with van der Waals surface area (Å²) in [6, 6.07) is 19.5. The van der Waals surface area contributed by atoms with Crippen molar-refractivity contribution in [2.75, 3.05) is 6.61 Å². The molecule has 3 aromatic rings. The third kappa shape index (κ3) is 6.80. The van der Waals surface area contributed by atoms with Gasteiger partial charge in [-0.25, -0.2) is 0 Å². The molecule has 1 heterocycles. The molecule has 1 fully saturated rings. The van der Waals surface area contributed by atoms with Crippen molar-refractivity contribution in [2.45, 2.75) is 31.7 Å². The van der Waals surface area contributed by atoms with E-state index < -0.39 is 18.4 Å². The second kappa shape index (κ2) is 12.3. The highest BCUT2D eigenvalue weighted by molar-refractivity contribution is 6.42. The fourth-order valence-electron chi connectivity index (χ4n) is 4.00. The molecule has 6 nitrogen and oxygen atoms in total. The molecular formula is C28H26Cl2O6. The van der Waals surface area contributed by atoms with E-state index in [1.165, 1.54) is 0 Å². The van der Waals surface area contributed by atoms with E-state index in [1.807, 2.05) is 48.6 Å². The van der Waals surface area contributed by atoms with E-state index in [0.717, 1.165) is 5.56 Å². The Morgan fingerprint density at radius 1 is 1.00 bits per heavy atom. The first-order valence-corrected chi connectivity index (χ1v) is 12.3. The molecule has 2 N–H and O–H groups in total. The summed E-state index contributed by atoms with van der Waals surface area (Å²) in [5.41, 5.74) is 1.45. The van der Waals surface area contributed by atoms with Crippen molar-refractivity contribution in [3.8, 4) is 17.2 Å². The molecule has 1 aliphatic rings. The average molecular weight is 529 g/mol. The predicted octanol–water partition coefficient (Wildman–Crippen LogP) is 7.71. The zero-order valence-electron chi connectivity index (χ0n) is 19.3. The molecule has 8 heteroatoms. The SMILES string of the molecule is O=C(O)CCC=CC[C@@H]1COC(c2cccc(Oc3ccc(Cl)c(Cl)c3)c2)O[C@@H]1c1ccccc1O. The van der Waals surface area contributed by atoms with Gasteiger partial charge in [-0.15, -0.1) is 0 Å². The largest absolute Gasteiger partial charge is 0.508 e. The molecule has 1 saturated heterocycles. The van der Waals surface area contributed by atoms with E-state index in [9.17, 15) is 9.90 Å². The maximum Gasteiger partial charge on any atom is 0.303 e. The lowest BCUT2D eigenvalue weighted by Crippen LogP contribution is -2.30. The number of ether oxygens (including phenoxy) is 3. The van der Waals surface area contributed by atoms with Gasteiger partial charge in [0.2, 0.25) is 0 Å². The Hall–Kier alpha value is -3.03. The van der Waals surface area contributed by atoms with Crippen LogP contribution < -0.4 is 4.74 Å². The summed E-state index contributed by atoms with van der Waals surface area (Å²) in [6.45, 7) is 0.394. The van der Waals surface area contributed by atoms with Crippen LogP contribution in [0.2, 0.25) is 10.0 Å². The maximum atomic E-state index is 10.7. The van der Waals surface area contributed by atoms with Crippen LogP contribution in [0.5, 0.6) is 17.2 Å². The third-order valence-electron chi connectivity index (χ3n) is 5.79. The molecule has 0 aromatic heterocycles. The summed E-state index contributed by atoms with van der Waals surface area (Å²) in [4.78, 5) is 10.7. The number of para-hydroxylation sites is 1. The summed E-state index contributed by atoms with van der Waals surface area (Å²) >= 11 is 12.1. The minimum absolute atomic E-state index is 0.0636. The van der Waals surface area contributed by atoms with Crippen molar-refractivity contribution in [3.05, 3.63) is 100 Å². The number of allylic oxidation sites excluding steroid dienone is 2. The van der Waals surface area contributed by atoms with Gasteiger partial charge in [0.1, 0.15) is 17.2 Å². The zero-order chi connectivity index (χ0) is 25.5. The van der Waals surface area contributed by atoms with Crippen LogP contribution in [-0.2, 0) is 14.3 Å². The summed E-state index contributed by atoms with van der Waals surface area (Å²) in [5, 5.41) is 20.2. The minimum Gasteiger partial charge on any atom is -0.508 e. The molecular weight excluding hydrogens is 503 g/mol. The zero-order valence-corrected chi connectivity index (χ0v) is 20.9. The number of phenols is 1. The monoisotopic (exact) mass is 528 g/mol. The maximum absolute atomic E-state index is 10.7. The van der Waals surface area contributed by atoms with Gasteiger partial charge in [0, 0.05) is 29.5 Å². The van der Waals surface area contributed by atoms with Crippen molar-refractivity contribution >= 4 is 29.2 Å². The molecule has 0 radical (unpaired) electrons. The lowest BCUT2D eigenvalue weighted by molar-refractivity contribution is -0.244. The van der Waals surface area contributed by atoms with Crippen LogP contribution in [-0.4, -0.2) is 22.8 Å². The number of carboxylic acids is 1. The Morgan fingerprint density at radius 3 is 2.58 bits per heavy atom. The van der Waals surface area contributed by atoms with Gasteiger partial charge in [-0.1, -0.05) is 65.7 Å². The Balaban J connectivity index is 1.51. The van der Waals surface area contributed by atoms with E-state index in [2.05, 4.69) is 0 Å². The van der Waals surface area contributed by atoms with Gasteiger partial charge in [-0.3, -0.25) is 4.79 Å². The lowest BCUT2D eigenvalue weighted by Gasteiger charge is -2.37. The van der Waals surface area contributed by atoms with Gasteiger partial charge in [-0.2, -0.15) is 0 Å². The number of aromatic hydroxyl groups is 1. The van der Waals surface area contributed by atoms with Gasteiger partial charge in [0.05, 0.1) is 22.8 Å². The first kappa shape index (κ1) is 26.0. The van der Waals surface area contributed by atoms with Gasteiger partial charge in [0.25, 0.3) is 0 Å². The van der Waals surface area contributed by atoms with Gasteiger partial charge in [-0.05, 0) is 43.2 Å². The van der Waals surface area contributed by atoms with Gasteiger partial charge < -0.3 is 24.4 Å². The van der Waals surface area contributed by atoms with E-state index >= 15 is 0 Å². The lowest BCUT2D eigenvalue weighted by atomic mass is 9.91. The number of hydrogen-bond acceptors (Lipinski definition) is 5. The van der Waals surface area contributed by atoms with Crippen LogP contribution in [0.25, 0.3) is 0 Å². The molecule has 0 saturated carbocycles. The normalized spacial score (nSPS) is 19.9. The van der Waals surface area contributed by atoms with E-state index in [4.69, 9.17) is 42.5 Å². The molecule has 36 heavy (non-hydrogen) atoms. The molecule has 0 aliphatic carbocycles. The molecule has 3 aromatic carbocycles. The summed E-state index contributed by atoms with van der Waals surface area (Å²) in [5.74, 6) is 0.393. The van der Waals surface area contributed by atoms with E-state index in [-0.39, 0.29) is 18.1 Å². The second-order valence-corrected chi connectivity index (χ2v) is 9.25.